The molecule has 4 heteroatoms. The van der Waals surface area contributed by atoms with Crippen LogP contribution in [-0.2, 0) is 0 Å². The molecule has 0 radical (unpaired) electrons. The molecule has 0 fully saturated rings. The molecule has 66 valence electrons. The molecule has 11 heavy (non-hydrogen) atoms. The van der Waals surface area contributed by atoms with E-state index in [0.29, 0.717) is 6.54 Å². The standard InChI is InChI=1S/C7H16N2O2/c1-3-4-6(10)5-9-7(11)8-2/h6,10H,3-5H2,1-2H3,(H2,8,9,11). The summed E-state index contributed by atoms with van der Waals surface area (Å²) in [4.78, 5) is 10.6. The van der Waals surface area contributed by atoms with Crippen molar-refractivity contribution in [3.63, 3.8) is 0 Å². The second kappa shape index (κ2) is 5.97. The SMILES string of the molecule is CCCC(O)CNC(=O)NC. The maximum Gasteiger partial charge on any atom is 0.314 e. The van der Waals surface area contributed by atoms with Crippen LogP contribution in [0, 0.1) is 0 Å². The third kappa shape index (κ3) is 5.66. The molecule has 0 spiro atoms. The van der Waals surface area contributed by atoms with E-state index in [1.165, 1.54) is 0 Å². The summed E-state index contributed by atoms with van der Waals surface area (Å²) in [5, 5.41) is 14.1. The maximum atomic E-state index is 10.6. The molecule has 0 saturated carbocycles. The number of carbonyl (C=O) groups excluding carboxylic acids is 1. The van der Waals surface area contributed by atoms with E-state index in [2.05, 4.69) is 10.6 Å². The van der Waals surface area contributed by atoms with E-state index in [9.17, 15) is 4.79 Å². The Bertz CT molecular complexity index is 117. The van der Waals surface area contributed by atoms with Crippen molar-refractivity contribution < 1.29 is 9.90 Å². The van der Waals surface area contributed by atoms with Crippen LogP contribution in [0.15, 0.2) is 0 Å². The smallest absolute Gasteiger partial charge is 0.314 e. The summed E-state index contributed by atoms with van der Waals surface area (Å²) >= 11 is 0. The first-order valence-electron chi connectivity index (χ1n) is 3.84. The number of carbonyl (C=O) groups is 1. The van der Waals surface area contributed by atoms with Crippen molar-refractivity contribution in [1.29, 1.82) is 0 Å². The Morgan fingerprint density at radius 2 is 2.27 bits per heavy atom. The molecule has 0 rings (SSSR count). The summed E-state index contributed by atoms with van der Waals surface area (Å²) in [5.41, 5.74) is 0. The van der Waals surface area contributed by atoms with Gasteiger partial charge in [0.1, 0.15) is 0 Å². The van der Waals surface area contributed by atoms with Crippen molar-refractivity contribution in [2.45, 2.75) is 25.9 Å². The highest BCUT2D eigenvalue weighted by molar-refractivity contribution is 5.73. The van der Waals surface area contributed by atoms with Crippen LogP contribution in [0.5, 0.6) is 0 Å². The number of hydrogen-bond donors (Lipinski definition) is 3. The van der Waals surface area contributed by atoms with Crippen molar-refractivity contribution in [3.8, 4) is 0 Å². The van der Waals surface area contributed by atoms with Gasteiger partial charge in [-0.1, -0.05) is 13.3 Å². The van der Waals surface area contributed by atoms with Crippen LogP contribution in [0.2, 0.25) is 0 Å². The molecular formula is C7H16N2O2. The average molecular weight is 160 g/mol. The van der Waals surface area contributed by atoms with Crippen molar-refractivity contribution in [1.82, 2.24) is 10.6 Å². The molecule has 4 nitrogen and oxygen atoms in total. The first kappa shape index (κ1) is 10.2. The van der Waals surface area contributed by atoms with E-state index in [1.54, 1.807) is 7.05 Å². The minimum atomic E-state index is -0.419. The minimum Gasteiger partial charge on any atom is -0.391 e. The lowest BCUT2D eigenvalue weighted by Gasteiger charge is -2.09. The largest absolute Gasteiger partial charge is 0.391 e. The zero-order valence-corrected chi connectivity index (χ0v) is 7.05. The molecule has 1 atom stereocenters. The Morgan fingerprint density at radius 3 is 2.73 bits per heavy atom. The molecule has 0 bridgehead atoms. The highest BCUT2D eigenvalue weighted by Gasteiger charge is 2.03. The van der Waals surface area contributed by atoms with Gasteiger partial charge in [0.25, 0.3) is 0 Å². The van der Waals surface area contributed by atoms with Crippen molar-refractivity contribution >= 4 is 6.03 Å². The zero-order chi connectivity index (χ0) is 8.69. The summed E-state index contributed by atoms with van der Waals surface area (Å²) in [6.07, 6.45) is 1.23. The lowest BCUT2D eigenvalue weighted by molar-refractivity contribution is 0.160. The van der Waals surface area contributed by atoms with Crippen LogP contribution < -0.4 is 10.6 Å². The molecule has 2 amide bonds. The van der Waals surface area contributed by atoms with Crippen LogP contribution >= 0.6 is 0 Å². The van der Waals surface area contributed by atoms with Crippen LogP contribution in [0.25, 0.3) is 0 Å². The fraction of sp³-hybridized carbons (Fsp3) is 0.857. The van der Waals surface area contributed by atoms with E-state index in [4.69, 9.17) is 5.11 Å². The number of nitrogens with one attached hydrogen (secondary N) is 2. The average Bonchev–Trinajstić information content (AvgIpc) is 2.01. The van der Waals surface area contributed by atoms with Gasteiger partial charge in [0.05, 0.1) is 6.10 Å². The Balaban J connectivity index is 3.29. The summed E-state index contributed by atoms with van der Waals surface area (Å²) in [6.45, 7) is 2.32. The summed E-state index contributed by atoms with van der Waals surface area (Å²) < 4.78 is 0. The highest BCUT2D eigenvalue weighted by Crippen LogP contribution is 1.93. The molecule has 0 heterocycles. The fourth-order valence-electron chi connectivity index (χ4n) is 0.734. The fourth-order valence-corrected chi connectivity index (χ4v) is 0.734. The lowest BCUT2D eigenvalue weighted by atomic mass is 10.2. The predicted molar refractivity (Wildman–Crippen MR) is 43.4 cm³/mol. The third-order valence-corrected chi connectivity index (χ3v) is 1.35. The van der Waals surface area contributed by atoms with Gasteiger partial charge in [-0.2, -0.15) is 0 Å². The Labute approximate surface area is 67.0 Å². The third-order valence-electron chi connectivity index (χ3n) is 1.35. The molecule has 0 aromatic heterocycles. The molecule has 0 aromatic carbocycles. The first-order valence-corrected chi connectivity index (χ1v) is 3.84. The minimum absolute atomic E-state index is 0.250. The van der Waals surface area contributed by atoms with Gasteiger partial charge in [0.2, 0.25) is 0 Å². The van der Waals surface area contributed by atoms with E-state index in [-0.39, 0.29) is 6.03 Å². The van der Waals surface area contributed by atoms with E-state index < -0.39 is 6.10 Å². The number of amides is 2. The first-order chi connectivity index (χ1) is 5.20. The second-order valence-corrected chi connectivity index (χ2v) is 2.40. The Morgan fingerprint density at radius 1 is 1.64 bits per heavy atom. The van der Waals surface area contributed by atoms with Crippen LogP contribution in [0.3, 0.4) is 0 Å². The van der Waals surface area contributed by atoms with E-state index >= 15 is 0 Å². The number of aliphatic hydroxyl groups excluding tert-OH is 1. The van der Waals surface area contributed by atoms with Crippen molar-refractivity contribution in [2.24, 2.45) is 0 Å². The lowest BCUT2D eigenvalue weighted by Crippen LogP contribution is -2.37. The van der Waals surface area contributed by atoms with Gasteiger partial charge in [-0.25, -0.2) is 4.79 Å². The molecule has 0 aliphatic rings. The van der Waals surface area contributed by atoms with E-state index in [0.717, 1.165) is 12.8 Å². The summed E-state index contributed by atoms with van der Waals surface area (Å²) in [7, 11) is 1.54. The summed E-state index contributed by atoms with van der Waals surface area (Å²) in [6, 6.07) is -0.250. The predicted octanol–water partition coefficient (Wildman–Crippen LogP) is 0.0764. The maximum absolute atomic E-state index is 10.6. The molecule has 0 saturated heterocycles. The second-order valence-electron chi connectivity index (χ2n) is 2.40. The van der Waals surface area contributed by atoms with Gasteiger partial charge in [-0.3, -0.25) is 0 Å². The number of aliphatic hydroxyl groups is 1. The Kier molecular flexibility index (Phi) is 5.56. The molecule has 0 aliphatic heterocycles. The topological polar surface area (TPSA) is 61.4 Å². The van der Waals surface area contributed by atoms with Crippen LogP contribution in [-0.4, -0.2) is 30.8 Å². The Hall–Kier alpha value is -0.770. The molecular weight excluding hydrogens is 144 g/mol. The highest BCUT2D eigenvalue weighted by atomic mass is 16.3. The van der Waals surface area contributed by atoms with Gasteiger partial charge in [0.15, 0.2) is 0 Å². The molecule has 1 unspecified atom stereocenters. The summed E-state index contributed by atoms with van der Waals surface area (Å²) in [5.74, 6) is 0. The van der Waals surface area contributed by atoms with Gasteiger partial charge in [-0.05, 0) is 6.42 Å². The number of hydrogen-bond acceptors (Lipinski definition) is 2. The van der Waals surface area contributed by atoms with E-state index in [1.807, 2.05) is 6.92 Å². The number of urea groups is 1. The van der Waals surface area contributed by atoms with Crippen LogP contribution in [0.4, 0.5) is 4.79 Å². The van der Waals surface area contributed by atoms with Crippen molar-refractivity contribution in [3.05, 3.63) is 0 Å². The molecule has 0 aliphatic carbocycles. The molecule has 0 aromatic rings. The van der Waals surface area contributed by atoms with Crippen molar-refractivity contribution in [2.75, 3.05) is 13.6 Å². The molecule has 3 N–H and O–H groups in total. The number of rotatable bonds is 4. The van der Waals surface area contributed by atoms with Gasteiger partial charge in [0, 0.05) is 13.6 Å². The monoisotopic (exact) mass is 160 g/mol. The van der Waals surface area contributed by atoms with Gasteiger partial charge < -0.3 is 15.7 Å². The zero-order valence-electron chi connectivity index (χ0n) is 7.05. The normalized spacial score (nSPS) is 12.3. The quantitative estimate of drug-likeness (QED) is 0.545. The van der Waals surface area contributed by atoms with Gasteiger partial charge in [-0.15, -0.1) is 0 Å². The van der Waals surface area contributed by atoms with Gasteiger partial charge >= 0.3 is 6.03 Å². The van der Waals surface area contributed by atoms with Crippen LogP contribution in [0.1, 0.15) is 19.8 Å².